The molecule has 3 aromatic rings. The third kappa shape index (κ3) is 2.06. The monoisotopic (exact) mass is 272 g/mol. The molecule has 0 saturated heterocycles. The fourth-order valence-electron chi connectivity index (χ4n) is 2.18. The fraction of sp³-hybridized carbons (Fsp3) is 0.133. The van der Waals surface area contributed by atoms with Crippen LogP contribution < -0.4 is 4.74 Å². The molecule has 2 heterocycles. The molecule has 0 amide bonds. The molecular formula is C15H13ClN2O. The van der Waals surface area contributed by atoms with E-state index in [-0.39, 0.29) is 0 Å². The second-order valence-corrected chi connectivity index (χ2v) is 4.47. The van der Waals surface area contributed by atoms with Crippen LogP contribution in [0.4, 0.5) is 0 Å². The van der Waals surface area contributed by atoms with Gasteiger partial charge in [0, 0.05) is 11.8 Å². The number of methoxy groups -OCH3 is 1. The lowest BCUT2D eigenvalue weighted by Crippen LogP contribution is -1.91. The lowest BCUT2D eigenvalue weighted by atomic mass is 10.1. The quantitative estimate of drug-likeness (QED) is 0.679. The molecule has 0 N–H and O–H groups in total. The van der Waals surface area contributed by atoms with Gasteiger partial charge < -0.3 is 9.14 Å². The van der Waals surface area contributed by atoms with Crippen LogP contribution in [0.5, 0.6) is 5.75 Å². The minimum absolute atomic E-state index is 0.414. The molecule has 0 aliphatic heterocycles. The maximum Gasteiger partial charge on any atom is 0.137 e. The number of aromatic nitrogens is 2. The summed E-state index contributed by atoms with van der Waals surface area (Å²) in [6.07, 6.45) is 1.98. The number of pyridine rings is 1. The van der Waals surface area contributed by atoms with E-state index in [2.05, 4.69) is 4.98 Å². The number of ether oxygens (including phenoxy) is 1. The Morgan fingerprint density at radius 1 is 1.21 bits per heavy atom. The SMILES string of the molecule is COc1cccc(-c2nc3ccccn3c2CCl)c1. The summed E-state index contributed by atoms with van der Waals surface area (Å²) in [7, 11) is 1.66. The molecule has 0 radical (unpaired) electrons. The first-order valence-corrected chi connectivity index (χ1v) is 6.53. The predicted octanol–water partition coefficient (Wildman–Crippen LogP) is 3.75. The second-order valence-electron chi connectivity index (χ2n) is 4.20. The summed E-state index contributed by atoms with van der Waals surface area (Å²) in [4.78, 5) is 4.65. The average Bonchev–Trinajstić information content (AvgIpc) is 2.86. The third-order valence-corrected chi connectivity index (χ3v) is 3.35. The van der Waals surface area contributed by atoms with Gasteiger partial charge >= 0.3 is 0 Å². The number of fused-ring (bicyclic) bond motifs is 1. The molecule has 0 aliphatic rings. The molecule has 2 aromatic heterocycles. The summed E-state index contributed by atoms with van der Waals surface area (Å²) < 4.78 is 7.27. The van der Waals surface area contributed by atoms with Crippen molar-refractivity contribution in [2.75, 3.05) is 7.11 Å². The van der Waals surface area contributed by atoms with Crippen molar-refractivity contribution in [3.05, 3.63) is 54.4 Å². The Labute approximate surface area is 116 Å². The van der Waals surface area contributed by atoms with Gasteiger partial charge in [-0.15, -0.1) is 11.6 Å². The molecule has 3 rings (SSSR count). The van der Waals surface area contributed by atoms with E-state index in [1.807, 2.05) is 53.1 Å². The zero-order chi connectivity index (χ0) is 13.2. The lowest BCUT2D eigenvalue weighted by molar-refractivity contribution is 0.415. The standard InChI is InChI=1S/C15H13ClN2O/c1-19-12-6-4-5-11(9-12)15-13(10-16)18-8-3-2-7-14(18)17-15/h2-9H,10H2,1H3. The van der Waals surface area contributed by atoms with Crippen LogP contribution in [0, 0.1) is 0 Å². The molecular weight excluding hydrogens is 260 g/mol. The molecule has 0 unspecified atom stereocenters. The highest BCUT2D eigenvalue weighted by Gasteiger charge is 2.13. The molecule has 0 fully saturated rings. The van der Waals surface area contributed by atoms with Gasteiger partial charge in [-0.2, -0.15) is 0 Å². The van der Waals surface area contributed by atoms with Gasteiger partial charge in [0.25, 0.3) is 0 Å². The van der Waals surface area contributed by atoms with Gasteiger partial charge in [0.15, 0.2) is 0 Å². The Bertz CT molecular complexity index is 721. The smallest absolute Gasteiger partial charge is 0.137 e. The highest BCUT2D eigenvalue weighted by atomic mass is 35.5. The molecule has 19 heavy (non-hydrogen) atoms. The molecule has 0 spiro atoms. The van der Waals surface area contributed by atoms with Crippen LogP contribution >= 0.6 is 11.6 Å². The van der Waals surface area contributed by atoms with Crippen LogP contribution in [-0.4, -0.2) is 16.5 Å². The minimum atomic E-state index is 0.414. The molecule has 1 aromatic carbocycles. The third-order valence-electron chi connectivity index (χ3n) is 3.10. The molecule has 0 bridgehead atoms. The summed E-state index contributed by atoms with van der Waals surface area (Å²) >= 11 is 6.08. The van der Waals surface area contributed by atoms with E-state index >= 15 is 0 Å². The number of imidazole rings is 1. The van der Waals surface area contributed by atoms with E-state index in [1.54, 1.807) is 7.11 Å². The number of benzene rings is 1. The fourth-order valence-corrected chi connectivity index (χ4v) is 2.43. The Balaban J connectivity index is 2.23. The van der Waals surface area contributed by atoms with Gasteiger partial charge in [0.1, 0.15) is 11.4 Å². The molecule has 0 saturated carbocycles. The zero-order valence-corrected chi connectivity index (χ0v) is 11.3. The van der Waals surface area contributed by atoms with Crippen molar-refractivity contribution in [1.29, 1.82) is 0 Å². The lowest BCUT2D eigenvalue weighted by Gasteiger charge is -2.04. The van der Waals surface area contributed by atoms with Crippen LogP contribution in [0.25, 0.3) is 16.9 Å². The van der Waals surface area contributed by atoms with Gasteiger partial charge in [-0.1, -0.05) is 18.2 Å². The van der Waals surface area contributed by atoms with E-state index in [4.69, 9.17) is 16.3 Å². The summed E-state index contributed by atoms with van der Waals surface area (Å²) in [5.41, 5.74) is 3.81. The molecule has 3 nitrogen and oxygen atoms in total. The van der Waals surface area contributed by atoms with Crippen LogP contribution in [0.2, 0.25) is 0 Å². The van der Waals surface area contributed by atoms with Gasteiger partial charge in [0.2, 0.25) is 0 Å². The topological polar surface area (TPSA) is 26.5 Å². The number of hydrogen-bond donors (Lipinski definition) is 0. The number of halogens is 1. The van der Waals surface area contributed by atoms with Crippen molar-refractivity contribution in [2.24, 2.45) is 0 Å². The van der Waals surface area contributed by atoms with E-state index in [0.717, 1.165) is 28.3 Å². The van der Waals surface area contributed by atoms with Crippen molar-refractivity contribution in [3.8, 4) is 17.0 Å². The van der Waals surface area contributed by atoms with Crippen LogP contribution in [0.3, 0.4) is 0 Å². The highest BCUT2D eigenvalue weighted by Crippen LogP contribution is 2.28. The van der Waals surface area contributed by atoms with Gasteiger partial charge in [-0.3, -0.25) is 0 Å². The van der Waals surface area contributed by atoms with Crippen LogP contribution in [0.1, 0.15) is 5.69 Å². The number of alkyl halides is 1. The summed E-state index contributed by atoms with van der Waals surface area (Å²) in [6.45, 7) is 0. The van der Waals surface area contributed by atoms with Crippen LogP contribution in [-0.2, 0) is 5.88 Å². The molecule has 4 heteroatoms. The Morgan fingerprint density at radius 3 is 2.89 bits per heavy atom. The Kier molecular flexibility index (Phi) is 3.13. The van der Waals surface area contributed by atoms with Crippen molar-refractivity contribution in [2.45, 2.75) is 5.88 Å². The van der Waals surface area contributed by atoms with Gasteiger partial charge in [-0.05, 0) is 24.3 Å². The van der Waals surface area contributed by atoms with E-state index in [9.17, 15) is 0 Å². The van der Waals surface area contributed by atoms with E-state index < -0.39 is 0 Å². The van der Waals surface area contributed by atoms with E-state index in [1.165, 1.54) is 0 Å². The van der Waals surface area contributed by atoms with Crippen LogP contribution in [0.15, 0.2) is 48.7 Å². The first kappa shape index (κ1) is 12.1. The Morgan fingerprint density at radius 2 is 2.11 bits per heavy atom. The second kappa shape index (κ2) is 4.94. The average molecular weight is 273 g/mol. The zero-order valence-electron chi connectivity index (χ0n) is 10.5. The number of hydrogen-bond acceptors (Lipinski definition) is 2. The van der Waals surface area contributed by atoms with Gasteiger partial charge in [-0.25, -0.2) is 4.98 Å². The summed E-state index contributed by atoms with van der Waals surface area (Å²) in [5.74, 6) is 1.23. The minimum Gasteiger partial charge on any atom is -0.497 e. The number of nitrogens with zero attached hydrogens (tertiary/aromatic N) is 2. The van der Waals surface area contributed by atoms with Crippen molar-refractivity contribution < 1.29 is 4.74 Å². The van der Waals surface area contributed by atoms with Gasteiger partial charge in [0.05, 0.1) is 24.4 Å². The number of rotatable bonds is 3. The largest absolute Gasteiger partial charge is 0.497 e. The van der Waals surface area contributed by atoms with Crippen molar-refractivity contribution in [3.63, 3.8) is 0 Å². The van der Waals surface area contributed by atoms with Crippen molar-refractivity contribution in [1.82, 2.24) is 9.38 Å². The van der Waals surface area contributed by atoms with E-state index in [0.29, 0.717) is 5.88 Å². The summed E-state index contributed by atoms with van der Waals surface area (Å²) in [5, 5.41) is 0. The maximum atomic E-state index is 6.08. The normalized spacial score (nSPS) is 10.8. The predicted molar refractivity (Wildman–Crippen MR) is 76.7 cm³/mol. The Hall–Kier alpha value is -2.00. The molecule has 0 atom stereocenters. The molecule has 0 aliphatic carbocycles. The highest BCUT2D eigenvalue weighted by molar-refractivity contribution is 6.17. The van der Waals surface area contributed by atoms with Crippen molar-refractivity contribution >= 4 is 17.2 Å². The maximum absolute atomic E-state index is 6.08. The first-order valence-electron chi connectivity index (χ1n) is 6.00. The molecule has 96 valence electrons. The summed E-state index contributed by atoms with van der Waals surface area (Å²) in [6, 6.07) is 13.8. The first-order chi connectivity index (χ1) is 9.33.